The summed E-state index contributed by atoms with van der Waals surface area (Å²) in [5.74, 6) is 0.118. The fourth-order valence-electron chi connectivity index (χ4n) is 3.87. The quantitative estimate of drug-likeness (QED) is 0.785. The molecular weight excluding hydrogens is 362 g/mol. The van der Waals surface area contributed by atoms with E-state index in [1.54, 1.807) is 12.1 Å². The molecule has 3 rings (SSSR count). The van der Waals surface area contributed by atoms with Gasteiger partial charge in [0.2, 0.25) is 15.9 Å². The molecule has 0 unspecified atom stereocenters. The molecule has 2 aliphatic heterocycles. The number of carbonyl (C=O) groups is 1. The second-order valence-corrected chi connectivity index (χ2v) is 9.78. The van der Waals surface area contributed by atoms with E-state index < -0.39 is 10.0 Å². The monoisotopic (exact) mass is 393 g/mol. The van der Waals surface area contributed by atoms with Crippen LogP contribution in [0, 0.1) is 13.8 Å². The van der Waals surface area contributed by atoms with Gasteiger partial charge in [-0.2, -0.15) is 4.31 Å². The number of benzene rings is 1. The maximum absolute atomic E-state index is 12.9. The van der Waals surface area contributed by atoms with Gasteiger partial charge in [0.25, 0.3) is 0 Å². The van der Waals surface area contributed by atoms with E-state index in [0.717, 1.165) is 30.5 Å². The summed E-state index contributed by atoms with van der Waals surface area (Å²) in [5, 5.41) is 0. The Morgan fingerprint density at radius 1 is 1.04 bits per heavy atom. The van der Waals surface area contributed by atoms with Crippen molar-refractivity contribution in [2.75, 3.05) is 39.3 Å². The molecule has 0 radical (unpaired) electrons. The molecule has 2 aliphatic rings. The Bertz CT molecular complexity index is 786. The predicted molar refractivity (Wildman–Crippen MR) is 106 cm³/mol. The summed E-state index contributed by atoms with van der Waals surface area (Å²) in [5.41, 5.74) is 2.05. The Morgan fingerprint density at radius 2 is 1.74 bits per heavy atom. The van der Waals surface area contributed by atoms with Gasteiger partial charge in [0.1, 0.15) is 0 Å². The Morgan fingerprint density at radius 3 is 2.37 bits per heavy atom. The number of amides is 1. The Labute approximate surface area is 163 Å². The van der Waals surface area contributed by atoms with Gasteiger partial charge in [-0.05, 0) is 63.4 Å². The van der Waals surface area contributed by atoms with E-state index in [1.165, 1.54) is 10.7 Å². The number of sulfonamides is 1. The minimum atomic E-state index is -3.50. The first-order valence-corrected chi connectivity index (χ1v) is 11.3. The van der Waals surface area contributed by atoms with Gasteiger partial charge >= 0.3 is 0 Å². The summed E-state index contributed by atoms with van der Waals surface area (Å²) in [4.78, 5) is 17.0. The average Bonchev–Trinajstić information content (AvgIpc) is 2.65. The van der Waals surface area contributed by atoms with Crippen LogP contribution in [0.25, 0.3) is 0 Å². The van der Waals surface area contributed by atoms with Crippen LogP contribution in [0.5, 0.6) is 0 Å². The fourth-order valence-corrected chi connectivity index (χ4v) is 5.38. The van der Waals surface area contributed by atoms with Crippen LogP contribution in [-0.4, -0.2) is 73.7 Å². The summed E-state index contributed by atoms with van der Waals surface area (Å²) < 4.78 is 27.3. The molecule has 1 atom stereocenters. The fraction of sp³-hybridized carbons (Fsp3) is 0.650. The van der Waals surface area contributed by atoms with E-state index >= 15 is 0 Å². The standard InChI is InChI=1S/C20H31N3O3S/c1-16-7-8-19(14-17(16)2)27(25,26)23-12-10-21(11-13-23)20(24)15-22-9-5-4-6-18(22)3/h7-8,14,18H,4-6,9-13,15H2,1-3H3/t18-/m1/s1. The van der Waals surface area contributed by atoms with Crippen molar-refractivity contribution in [3.63, 3.8) is 0 Å². The zero-order valence-corrected chi connectivity index (χ0v) is 17.5. The third-order valence-corrected chi connectivity index (χ3v) is 7.88. The molecule has 1 aromatic rings. The van der Waals surface area contributed by atoms with Crippen molar-refractivity contribution in [2.24, 2.45) is 0 Å². The largest absolute Gasteiger partial charge is 0.339 e. The minimum absolute atomic E-state index is 0.118. The molecule has 1 aromatic carbocycles. The lowest BCUT2D eigenvalue weighted by atomic mass is 10.0. The highest BCUT2D eigenvalue weighted by molar-refractivity contribution is 7.89. The van der Waals surface area contributed by atoms with Crippen LogP contribution >= 0.6 is 0 Å². The number of likely N-dealkylation sites (tertiary alicyclic amines) is 1. The normalized spacial score (nSPS) is 22.8. The topological polar surface area (TPSA) is 60.9 Å². The van der Waals surface area contributed by atoms with Crippen LogP contribution in [0.3, 0.4) is 0 Å². The lowest BCUT2D eigenvalue weighted by molar-refractivity contribution is -0.134. The molecular formula is C20H31N3O3S. The second kappa shape index (κ2) is 8.29. The molecule has 0 spiro atoms. The molecule has 2 heterocycles. The predicted octanol–water partition coefficient (Wildman–Crippen LogP) is 2.01. The molecule has 0 bridgehead atoms. The number of piperazine rings is 1. The molecule has 6 nitrogen and oxygen atoms in total. The van der Waals surface area contributed by atoms with Gasteiger partial charge in [-0.15, -0.1) is 0 Å². The Hall–Kier alpha value is -1.44. The summed E-state index contributed by atoms with van der Waals surface area (Å²) in [7, 11) is -3.50. The van der Waals surface area contributed by atoms with Crippen molar-refractivity contribution in [1.29, 1.82) is 0 Å². The summed E-state index contributed by atoms with van der Waals surface area (Å²) in [6, 6.07) is 5.71. The minimum Gasteiger partial charge on any atom is -0.339 e. The molecule has 0 aliphatic carbocycles. The van der Waals surface area contributed by atoms with E-state index in [0.29, 0.717) is 43.7 Å². The first-order valence-electron chi connectivity index (χ1n) is 9.88. The van der Waals surface area contributed by atoms with Gasteiger partial charge in [0.05, 0.1) is 11.4 Å². The first-order chi connectivity index (χ1) is 12.8. The molecule has 0 saturated carbocycles. The molecule has 2 fully saturated rings. The zero-order valence-electron chi connectivity index (χ0n) is 16.6. The van der Waals surface area contributed by atoms with Crippen LogP contribution in [-0.2, 0) is 14.8 Å². The third kappa shape index (κ3) is 4.52. The summed E-state index contributed by atoms with van der Waals surface area (Å²) >= 11 is 0. The van der Waals surface area contributed by atoms with Crippen molar-refractivity contribution in [3.8, 4) is 0 Å². The number of aryl methyl sites for hydroxylation is 2. The number of nitrogens with zero attached hydrogens (tertiary/aromatic N) is 3. The molecule has 27 heavy (non-hydrogen) atoms. The van der Waals surface area contributed by atoms with E-state index in [1.807, 2.05) is 24.8 Å². The second-order valence-electron chi connectivity index (χ2n) is 7.85. The van der Waals surface area contributed by atoms with E-state index in [4.69, 9.17) is 0 Å². The van der Waals surface area contributed by atoms with Gasteiger partial charge in [-0.3, -0.25) is 9.69 Å². The van der Waals surface area contributed by atoms with Gasteiger partial charge in [-0.25, -0.2) is 8.42 Å². The van der Waals surface area contributed by atoms with E-state index in [2.05, 4.69) is 11.8 Å². The molecule has 0 N–H and O–H groups in total. The SMILES string of the molecule is Cc1ccc(S(=O)(=O)N2CCN(C(=O)CN3CCCC[C@H]3C)CC2)cc1C. The van der Waals surface area contributed by atoms with Gasteiger partial charge in [0, 0.05) is 32.2 Å². The van der Waals surface area contributed by atoms with Crippen LogP contribution < -0.4 is 0 Å². The third-order valence-electron chi connectivity index (χ3n) is 5.99. The van der Waals surface area contributed by atoms with Gasteiger partial charge in [0.15, 0.2) is 0 Å². The summed E-state index contributed by atoms with van der Waals surface area (Å²) in [6.07, 6.45) is 3.54. The molecule has 0 aromatic heterocycles. The highest BCUT2D eigenvalue weighted by atomic mass is 32.2. The molecule has 1 amide bonds. The van der Waals surface area contributed by atoms with E-state index in [-0.39, 0.29) is 5.91 Å². The first kappa shape index (κ1) is 20.3. The van der Waals surface area contributed by atoms with Crippen molar-refractivity contribution >= 4 is 15.9 Å². The maximum atomic E-state index is 12.9. The lowest BCUT2D eigenvalue weighted by Gasteiger charge is -2.37. The van der Waals surface area contributed by atoms with Crippen molar-refractivity contribution < 1.29 is 13.2 Å². The van der Waals surface area contributed by atoms with Gasteiger partial charge < -0.3 is 4.90 Å². The molecule has 7 heteroatoms. The number of rotatable bonds is 4. The van der Waals surface area contributed by atoms with Crippen molar-refractivity contribution in [3.05, 3.63) is 29.3 Å². The van der Waals surface area contributed by atoms with Crippen LogP contribution in [0.2, 0.25) is 0 Å². The smallest absolute Gasteiger partial charge is 0.243 e. The lowest BCUT2D eigenvalue weighted by Crippen LogP contribution is -2.53. The van der Waals surface area contributed by atoms with Crippen LogP contribution in [0.4, 0.5) is 0 Å². The highest BCUT2D eigenvalue weighted by Gasteiger charge is 2.31. The van der Waals surface area contributed by atoms with E-state index in [9.17, 15) is 13.2 Å². The number of hydrogen-bond donors (Lipinski definition) is 0. The van der Waals surface area contributed by atoms with Gasteiger partial charge in [-0.1, -0.05) is 12.5 Å². The average molecular weight is 394 g/mol. The van der Waals surface area contributed by atoms with Crippen molar-refractivity contribution in [1.82, 2.24) is 14.1 Å². The Balaban J connectivity index is 1.59. The van der Waals surface area contributed by atoms with Crippen LogP contribution in [0.15, 0.2) is 23.1 Å². The molecule has 150 valence electrons. The Kier molecular flexibility index (Phi) is 6.23. The highest BCUT2D eigenvalue weighted by Crippen LogP contribution is 2.21. The van der Waals surface area contributed by atoms with Crippen molar-refractivity contribution in [2.45, 2.75) is 51.0 Å². The number of carbonyl (C=O) groups excluding carboxylic acids is 1. The molecule has 2 saturated heterocycles. The van der Waals surface area contributed by atoms with Crippen LogP contribution in [0.1, 0.15) is 37.3 Å². The summed E-state index contributed by atoms with van der Waals surface area (Å²) in [6.45, 7) is 9.15. The number of hydrogen-bond acceptors (Lipinski definition) is 4. The number of piperidine rings is 1. The maximum Gasteiger partial charge on any atom is 0.243 e. The zero-order chi connectivity index (χ0) is 19.6.